The minimum Gasteiger partial charge on any atom is -0.356 e. The van der Waals surface area contributed by atoms with Gasteiger partial charge in [0, 0.05) is 30.9 Å². The summed E-state index contributed by atoms with van der Waals surface area (Å²) in [6.45, 7) is 0. The number of carbonyl (C=O) groups is 1. The first-order chi connectivity index (χ1) is 11.9. The van der Waals surface area contributed by atoms with Gasteiger partial charge in [0.05, 0.1) is 11.5 Å². The van der Waals surface area contributed by atoms with Crippen molar-refractivity contribution in [2.45, 2.75) is 57.0 Å². The summed E-state index contributed by atoms with van der Waals surface area (Å²) in [5, 5.41) is 3.14. The van der Waals surface area contributed by atoms with Gasteiger partial charge in [-0.1, -0.05) is 25.7 Å². The molecule has 2 heterocycles. The first-order valence-corrected chi connectivity index (χ1v) is 11.0. The minimum absolute atomic E-state index is 0.0667. The molecule has 1 aliphatic carbocycles. The van der Waals surface area contributed by atoms with E-state index in [1.807, 2.05) is 11.9 Å². The summed E-state index contributed by atoms with van der Waals surface area (Å²) in [5.41, 5.74) is 0.585. The molecule has 0 bridgehead atoms. The smallest absolute Gasteiger partial charge is 0.251 e. The highest BCUT2D eigenvalue weighted by Gasteiger charge is 2.31. The molecule has 1 aromatic heterocycles. The maximum absolute atomic E-state index is 12.6. The number of amides is 1. The van der Waals surface area contributed by atoms with Gasteiger partial charge in [-0.2, -0.15) is 0 Å². The van der Waals surface area contributed by atoms with E-state index in [1.54, 1.807) is 18.3 Å². The van der Waals surface area contributed by atoms with Crippen molar-refractivity contribution in [3.63, 3.8) is 0 Å². The molecular weight excluding hydrogens is 338 g/mol. The van der Waals surface area contributed by atoms with Gasteiger partial charge in [0.2, 0.25) is 0 Å². The molecule has 6 nitrogen and oxygen atoms in total. The third-order valence-electron chi connectivity index (χ3n) is 5.32. The Morgan fingerprint density at radius 3 is 2.56 bits per heavy atom. The highest BCUT2D eigenvalue weighted by Crippen LogP contribution is 2.22. The van der Waals surface area contributed by atoms with Crippen LogP contribution in [0.5, 0.6) is 0 Å². The number of carbonyl (C=O) groups excluding carboxylic acids is 1. The summed E-state index contributed by atoms with van der Waals surface area (Å²) in [6, 6.07) is 3.66. The van der Waals surface area contributed by atoms with Crippen molar-refractivity contribution in [3.8, 4) is 0 Å². The van der Waals surface area contributed by atoms with Crippen LogP contribution in [-0.2, 0) is 9.84 Å². The molecule has 1 atom stereocenters. The zero-order chi connectivity index (χ0) is 17.9. The van der Waals surface area contributed by atoms with Gasteiger partial charge in [-0.15, -0.1) is 0 Å². The summed E-state index contributed by atoms with van der Waals surface area (Å²) < 4.78 is 23.4. The number of aromatic nitrogens is 1. The largest absolute Gasteiger partial charge is 0.356 e. The zero-order valence-corrected chi connectivity index (χ0v) is 15.6. The fourth-order valence-electron chi connectivity index (χ4n) is 3.71. The molecule has 138 valence electrons. The molecular formula is C18H27N3O3S. The second kappa shape index (κ2) is 7.72. The number of hydrogen-bond donors (Lipinski definition) is 1. The van der Waals surface area contributed by atoms with Crippen molar-refractivity contribution in [1.82, 2.24) is 10.3 Å². The van der Waals surface area contributed by atoms with Gasteiger partial charge < -0.3 is 10.2 Å². The number of hydrogen-bond acceptors (Lipinski definition) is 5. The van der Waals surface area contributed by atoms with Crippen molar-refractivity contribution >= 4 is 21.6 Å². The minimum atomic E-state index is -2.95. The van der Waals surface area contributed by atoms with E-state index in [0.29, 0.717) is 17.8 Å². The molecule has 2 aliphatic rings. The molecule has 1 unspecified atom stereocenters. The van der Waals surface area contributed by atoms with Crippen molar-refractivity contribution in [3.05, 3.63) is 23.9 Å². The van der Waals surface area contributed by atoms with E-state index in [2.05, 4.69) is 10.3 Å². The average Bonchev–Trinajstić information content (AvgIpc) is 2.80. The standard InChI is InChI=1S/C18H27N3O3S/c1-21(16-9-11-25(23,24)13-16)17-12-14(8-10-19-17)18(22)20-15-6-4-2-3-5-7-15/h8,10,12,15-16H,2-7,9,11,13H2,1H3,(H,20,22). The van der Waals surface area contributed by atoms with Crippen LogP contribution in [0.1, 0.15) is 55.3 Å². The van der Waals surface area contributed by atoms with Gasteiger partial charge >= 0.3 is 0 Å². The molecule has 1 aromatic rings. The summed E-state index contributed by atoms with van der Waals surface area (Å²) in [5.74, 6) is 0.965. The maximum Gasteiger partial charge on any atom is 0.251 e. The molecule has 1 saturated heterocycles. The first-order valence-electron chi connectivity index (χ1n) is 9.15. The van der Waals surface area contributed by atoms with E-state index >= 15 is 0 Å². The Hall–Kier alpha value is -1.63. The van der Waals surface area contributed by atoms with Gasteiger partial charge in [-0.3, -0.25) is 4.79 Å². The predicted molar refractivity (Wildman–Crippen MR) is 98.7 cm³/mol. The van der Waals surface area contributed by atoms with Gasteiger partial charge in [0.25, 0.3) is 5.91 Å². The van der Waals surface area contributed by atoms with Gasteiger partial charge in [0.1, 0.15) is 5.82 Å². The second-order valence-corrected chi connectivity index (χ2v) is 9.46. The fourth-order valence-corrected chi connectivity index (χ4v) is 5.49. The summed E-state index contributed by atoms with van der Waals surface area (Å²) >= 11 is 0. The van der Waals surface area contributed by atoms with Crippen LogP contribution in [0.15, 0.2) is 18.3 Å². The van der Waals surface area contributed by atoms with E-state index in [-0.39, 0.29) is 29.5 Å². The number of anilines is 1. The van der Waals surface area contributed by atoms with Crippen LogP contribution in [0.25, 0.3) is 0 Å². The summed E-state index contributed by atoms with van der Waals surface area (Å²) in [6.07, 6.45) is 9.17. The molecule has 25 heavy (non-hydrogen) atoms. The van der Waals surface area contributed by atoms with E-state index in [4.69, 9.17) is 0 Å². The van der Waals surface area contributed by atoms with Crippen LogP contribution >= 0.6 is 0 Å². The Balaban J connectivity index is 1.67. The van der Waals surface area contributed by atoms with Crippen LogP contribution < -0.4 is 10.2 Å². The fraction of sp³-hybridized carbons (Fsp3) is 0.667. The first kappa shape index (κ1) is 18.2. The lowest BCUT2D eigenvalue weighted by Gasteiger charge is -2.25. The molecule has 0 aromatic carbocycles. The van der Waals surface area contributed by atoms with Crippen molar-refractivity contribution in [1.29, 1.82) is 0 Å². The quantitative estimate of drug-likeness (QED) is 0.827. The summed E-state index contributed by atoms with van der Waals surface area (Å²) in [4.78, 5) is 18.8. The normalized spacial score (nSPS) is 23.8. The van der Waals surface area contributed by atoms with E-state index < -0.39 is 9.84 Å². The average molecular weight is 365 g/mol. The number of pyridine rings is 1. The number of rotatable bonds is 4. The topological polar surface area (TPSA) is 79.4 Å². The maximum atomic E-state index is 12.6. The van der Waals surface area contributed by atoms with Crippen LogP contribution in [-0.4, -0.2) is 49.9 Å². The van der Waals surface area contributed by atoms with Crippen molar-refractivity contribution < 1.29 is 13.2 Å². The molecule has 0 radical (unpaired) electrons. The SMILES string of the molecule is CN(c1cc(C(=O)NC2CCCCCC2)ccn1)C1CCS(=O)(=O)C1. The van der Waals surface area contributed by atoms with E-state index in [1.165, 1.54) is 25.7 Å². The number of nitrogens with zero attached hydrogens (tertiary/aromatic N) is 2. The Labute approximate surface area is 149 Å². The molecule has 0 spiro atoms. The molecule has 1 amide bonds. The van der Waals surface area contributed by atoms with Crippen LogP contribution in [0.4, 0.5) is 5.82 Å². The third kappa shape index (κ3) is 4.71. The lowest BCUT2D eigenvalue weighted by atomic mass is 10.1. The van der Waals surface area contributed by atoms with Crippen molar-refractivity contribution in [2.24, 2.45) is 0 Å². The van der Waals surface area contributed by atoms with Gasteiger partial charge in [-0.05, 0) is 31.4 Å². The predicted octanol–water partition coefficient (Wildman–Crippen LogP) is 2.16. The highest BCUT2D eigenvalue weighted by molar-refractivity contribution is 7.91. The second-order valence-electron chi connectivity index (χ2n) is 7.23. The lowest BCUT2D eigenvalue weighted by Crippen LogP contribution is -2.35. The Kier molecular flexibility index (Phi) is 5.61. The lowest BCUT2D eigenvalue weighted by molar-refractivity contribution is 0.0933. The molecule has 1 N–H and O–H groups in total. The molecule has 7 heteroatoms. The molecule has 1 aliphatic heterocycles. The molecule has 3 rings (SSSR count). The van der Waals surface area contributed by atoms with Gasteiger partial charge in [-0.25, -0.2) is 13.4 Å². The molecule has 1 saturated carbocycles. The Bertz CT molecular complexity index is 712. The Morgan fingerprint density at radius 2 is 1.92 bits per heavy atom. The van der Waals surface area contributed by atoms with E-state index in [0.717, 1.165) is 12.8 Å². The van der Waals surface area contributed by atoms with Crippen LogP contribution in [0.3, 0.4) is 0 Å². The zero-order valence-electron chi connectivity index (χ0n) is 14.8. The number of nitrogens with one attached hydrogen (secondary N) is 1. The summed E-state index contributed by atoms with van der Waals surface area (Å²) in [7, 11) is -1.10. The third-order valence-corrected chi connectivity index (χ3v) is 7.07. The van der Waals surface area contributed by atoms with Crippen LogP contribution in [0.2, 0.25) is 0 Å². The Morgan fingerprint density at radius 1 is 1.20 bits per heavy atom. The van der Waals surface area contributed by atoms with Crippen LogP contribution in [0, 0.1) is 0 Å². The van der Waals surface area contributed by atoms with Gasteiger partial charge in [0.15, 0.2) is 9.84 Å². The van der Waals surface area contributed by atoms with E-state index in [9.17, 15) is 13.2 Å². The monoisotopic (exact) mass is 365 g/mol. The molecule has 2 fully saturated rings. The number of sulfone groups is 1. The van der Waals surface area contributed by atoms with Crippen molar-refractivity contribution in [2.75, 3.05) is 23.5 Å². The highest BCUT2D eigenvalue weighted by atomic mass is 32.2.